The summed E-state index contributed by atoms with van der Waals surface area (Å²) in [5, 5.41) is 14.1. The lowest BCUT2D eigenvalue weighted by Gasteiger charge is -2.35. The van der Waals surface area contributed by atoms with Gasteiger partial charge in [0.05, 0.1) is 22.7 Å². The van der Waals surface area contributed by atoms with Crippen LogP contribution in [0.15, 0.2) is 42.5 Å². The Morgan fingerprint density at radius 2 is 1.72 bits per heavy atom. The van der Waals surface area contributed by atoms with Crippen LogP contribution in [0.1, 0.15) is 40.1 Å². The SMILES string of the molecule is CNc1ccc(C(=O)c2ccccc2C(=O)N2C[C@@H](C)O[C@@H](C)C2)cc1[N+](=O)[O-]. The number of ether oxygens (including phenoxy) is 1. The molecule has 29 heavy (non-hydrogen) atoms. The first-order chi connectivity index (χ1) is 13.8. The summed E-state index contributed by atoms with van der Waals surface area (Å²) < 4.78 is 5.68. The molecule has 8 nitrogen and oxygen atoms in total. The van der Waals surface area contributed by atoms with Crippen LogP contribution < -0.4 is 5.32 Å². The number of hydrogen-bond acceptors (Lipinski definition) is 6. The average Bonchev–Trinajstić information content (AvgIpc) is 2.71. The molecule has 0 aliphatic carbocycles. The zero-order chi connectivity index (χ0) is 21.1. The highest BCUT2D eigenvalue weighted by molar-refractivity contribution is 6.15. The van der Waals surface area contributed by atoms with Gasteiger partial charge < -0.3 is 15.0 Å². The van der Waals surface area contributed by atoms with Crippen molar-refractivity contribution in [2.45, 2.75) is 26.1 Å². The van der Waals surface area contributed by atoms with Gasteiger partial charge in [0.2, 0.25) is 0 Å². The number of benzene rings is 2. The number of rotatable bonds is 5. The van der Waals surface area contributed by atoms with Gasteiger partial charge in [-0.15, -0.1) is 0 Å². The molecule has 1 fully saturated rings. The van der Waals surface area contributed by atoms with Crippen molar-refractivity contribution in [1.82, 2.24) is 4.90 Å². The van der Waals surface area contributed by atoms with Crippen molar-refractivity contribution in [3.63, 3.8) is 0 Å². The maximum Gasteiger partial charge on any atom is 0.293 e. The lowest BCUT2D eigenvalue weighted by molar-refractivity contribution is -0.384. The van der Waals surface area contributed by atoms with Crippen LogP contribution in [0.4, 0.5) is 11.4 Å². The van der Waals surface area contributed by atoms with Crippen LogP contribution in [0.3, 0.4) is 0 Å². The monoisotopic (exact) mass is 397 g/mol. The number of anilines is 1. The Morgan fingerprint density at radius 3 is 2.31 bits per heavy atom. The van der Waals surface area contributed by atoms with E-state index in [1.807, 2.05) is 13.8 Å². The van der Waals surface area contributed by atoms with Crippen molar-refractivity contribution in [3.8, 4) is 0 Å². The van der Waals surface area contributed by atoms with Gasteiger partial charge in [0.25, 0.3) is 11.6 Å². The zero-order valence-corrected chi connectivity index (χ0v) is 16.5. The van der Waals surface area contributed by atoms with Crippen molar-refractivity contribution in [2.75, 3.05) is 25.5 Å². The predicted molar refractivity (Wildman–Crippen MR) is 108 cm³/mol. The highest BCUT2D eigenvalue weighted by atomic mass is 16.6. The molecule has 0 bridgehead atoms. The van der Waals surface area contributed by atoms with Crippen molar-refractivity contribution in [2.24, 2.45) is 0 Å². The molecule has 1 saturated heterocycles. The minimum absolute atomic E-state index is 0.0951. The molecule has 2 atom stereocenters. The van der Waals surface area contributed by atoms with Gasteiger partial charge in [0.15, 0.2) is 5.78 Å². The number of nitrogens with zero attached hydrogens (tertiary/aromatic N) is 2. The van der Waals surface area contributed by atoms with Gasteiger partial charge in [0.1, 0.15) is 5.69 Å². The van der Waals surface area contributed by atoms with Crippen molar-refractivity contribution < 1.29 is 19.2 Å². The van der Waals surface area contributed by atoms with E-state index >= 15 is 0 Å². The third-order valence-corrected chi connectivity index (χ3v) is 4.83. The Bertz CT molecular complexity index is 949. The molecule has 1 amide bonds. The summed E-state index contributed by atoms with van der Waals surface area (Å²) in [4.78, 5) is 38.7. The summed E-state index contributed by atoms with van der Waals surface area (Å²) in [5.74, 6) is -0.689. The van der Waals surface area contributed by atoms with E-state index in [-0.39, 0.29) is 40.5 Å². The van der Waals surface area contributed by atoms with Gasteiger partial charge >= 0.3 is 0 Å². The third kappa shape index (κ3) is 4.27. The van der Waals surface area contributed by atoms with Crippen LogP contribution >= 0.6 is 0 Å². The van der Waals surface area contributed by atoms with Crippen molar-refractivity contribution in [1.29, 1.82) is 0 Å². The van der Waals surface area contributed by atoms with E-state index in [0.717, 1.165) is 0 Å². The number of nitrogens with one attached hydrogen (secondary N) is 1. The lowest BCUT2D eigenvalue weighted by atomic mass is 9.96. The number of nitro benzene ring substituents is 1. The van der Waals surface area contributed by atoms with Gasteiger partial charge in [-0.1, -0.05) is 18.2 Å². The maximum atomic E-state index is 13.1. The smallest absolute Gasteiger partial charge is 0.293 e. The minimum atomic E-state index is -0.545. The average molecular weight is 397 g/mol. The van der Waals surface area contributed by atoms with Crippen molar-refractivity contribution in [3.05, 3.63) is 69.3 Å². The second-order valence-corrected chi connectivity index (χ2v) is 7.08. The van der Waals surface area contributed by atoms with Crippen LogP contribution in [0.2, 0.25) is 0 Å². The summed E-state index contributed by atoms with van der Waals surface area (Å²) in [6.45, 7) is 4.67. The molecule has 0 saturated carbocycles. The molecule has 1 heterocycles. The zero-order valence-electron chi connectivity index (χ0n) is 16.5. The normalized spacial score (nSPS) is 18.9. The first kappa shape index (κ1) is 20.5. The number of ketones is 1. The Morgan fingerprint density at radius 1 is 1.10 bits per heavy atom. The first-order valence-corrected chi connectivity index (χ1v) is 9.36. The standard InChI is InChI=1S/C21H23N3O5/c1-13-11-23(12-14(2)29-13)21(26)17-7-5-4-6-16(17)20(25)15-8-9-18(22-3)19(10-15)24(27)28/h4-10,13-14,22H,11-12H2,1-3H3/t13-,14+. The van der Waals surface area contributed by atoms with Crippen LogP contribution in [0.5, 0.6) is 0 Å². The molecule has 1 aliphatic heterocycles. The molecule has 2 aromatic carbocycles. The summed E-state index contributed by atoms with van der Waals surface area (Å²) in [5.41, 5.74) is 0.764. The molecule has 0 aromatic heterocycles. The summed E-state index contributed by atoms with van der Waals surface area (Å²) in [7, 11) is 1.57. The van der Waals surface area contributed by atoms with Crippen molar-refractivity contribution >= 4 is 23.1 Å². The van der Waals surface area contributed by atoms with E-state index in [4.69, 9.17) is 4.74 Å². The van der Waals surface area contributed by atoms with E-state index in [1.165, 1.54) is 18.2 Å². The van der Waals surface area contributed by atoms with Crippen LogP contribution in [-0.2, 0) is 4.74 Å². The number of nitro groups is 1. The number of morpholine rings is 1. The molecule has 0 radical (unpaired) electrons. The second kappa shape index (κ2) is 8.40. The predicted octanol–water partition coefficient (Wildman–Crippen LogP) is 3.12. The summed E-state index contributed by atoms with van der Waals surface area (Å²) >= 11 is 0. The van der Waals surface area contributed by atoms with Gasteiger partial charge in [-0.2, -0.15) is 0 Å². The lowest BCUT2D eigenvalue weighted by Crippen LogP contribution is -2.48. The molecule has 0 spiro atoms. The highest BCUT2D eigenvalue weighted by Gasteiger charge is 2.29. The van der Waals surface area contributed by atoms with E-state index in [2.05, 4.69) is 5.32 Å². The van der Waals surface area contributed by atoms with Gasteiger partial charge in [-0.25, -0.2) is 0 Å². The largest absolute Gasteiger partial charge is 0.383 e. The van der Waals surface area contributed by atoms with E-state index < -0.39 is 10.7 Å². The fourth-order valence-corrected chi connectivity index (χ4v) is 3.57. The topological polar surface area (TPSA) is 102 Å². The summed E-state index contributed by atoms with van der Waals surface area (Å²) in [6.07, 6.45) is -0.190. The van der Waals surface area contributed by atoms with Gasteiger partial charge in [-0.3, -0.25) is 19.7 Å². The van der Waals surface area contributed by atoms with Crippen LogP contribution in [0, 0.1) is 10.1 Å². The second-order valence-electron chi connectivity index (χ2n) is 7.08. The molecule has 1 aliphatic rings. The van der Waals surface area contributed by atoms with E-state index in [9.17, 15) is 19.7 Å². The number of hydrogen-bond donors (Lipinski definition) is 1. The molecular weight excluding hydrogens is 374 g/mol. The number of amides is 1. The van der Waals surface area contributed by atoms with Crippen LogP contribution in [-0.4, -0.2) is 53.9 Å². The Kier molecular flexibility index (Phi) is 5.93. The fourth-order valence-electron chi connectivity index (χ4n) is 3.57. The number of carbonyl (C=O) groups excluding carboxylic acids is 2. The molecule has 152 valence electrons. The third-order valence-electron chi connectivity index (χ3n) is 4.83. The molecule has 2 aromatic rings. The minimum Gasteiger partial charge on any atom is -0.383 e. The van der Waals surface area contributed by atoms with Gasteiger partial charge in [0, 0.05) is 37.3 Å². The maximum absolute atomic E-state index is 13.1. The molecule has 1 N–H and O–H groups in total. The molecule has 8 heteroatoms. The number of carbonyl (C=O) groups is 2. The van der Waals surface area contributed by atoms with E-state index in [1.54, 1.807) is 36.2 Å². The Labute approximate surface area is 168 Å². The molecular formula is C21H23N3O5. The van der Waals surface area contributed by atoms with E-state index in [0.29, 0.717) is 18.8 Å². The Hall–Kier alpha value is -3.26. The molecule has 3 rings (SSSR count). The fraction of sp³-hybridized carbons (Fsp3) is 0.333. The highest BCUT2D eigenvalue weighted by Crippen LogP contribution is 2.27. The summed E-state index contributed by atoms with van der Waals surface area (Å²) in [6, 6.07) is 10.8. The Balaban J connectivity index is 1.96. The first-order valence-electron chi connectivity index (χ1n) is 9.36. The van der Waals surface area contributed by atoms with Gasteiger partial charge in [-0.05, 0) is 32.0 Å². The van der Waals surface area contributed by atoms with Crippen LogP contribution in [0.25, 0.3) is 0 Å². The quantitative estimate of drug-likeness (QED) is 0.472. The molecule has 0 unspecified atom stereocenters.